The zero-order valence-corrected chi connectivity index (χ0v) is 11.5. The van der Waals surface area contributed by atoms with E-state index in [1.54, 1.807) is 6.92 Å². The molecule has 2 amide bonds. The van der Waals surface area contributed by atoms with E-state index in [0.29, 0.717) is 6.07 Å². The van der Waals surface area contributed by atoms with E-state index in [1.165, 1.54) is 19.0 Å². The van der Waals surface area contributed by atoms with Crippen LogP contribution in [0.15, 0.2) is 12.1 Å². The fourth-order valence-corrected chi connectivity index (χ4v) is 1.76. The molecule has 5 nitrogen and oxygen atoms in total. The molecule has 0 aromatic heterocycles. The Labute approximate surface area is 115 Å². The smallest absolute Gasteiger partial charge is 0.256 e. The predicted octanol–water partition coefficient (Wildman–Crippen LogP) is 1.00. The molecule has 1 atom stereocenters. The zero-order chi connectivity index (χ0) is 15.4. The highest BCUT2D eigenvalue weighted by atomic mass is 19.1. The average Bonchev–Trinajstić information content (AvgIpc) is 2.40. The fourth-order valence-electron chi connectivity index (χ4n) is 1.76. The number of carbonyl (C=O) groups excluding carboxylic acids is 2. The van der Waals surface area contributed by atoms with Gasteiger partial charge in [0.05, 0.1) is 17.2 Å². The minimum Gasteiger partial charge on any atom is -0.396 e. The van der Waals surface area contributed by atoms with Crippen LogP contribution in [0.2, 0.25) is 0 Å². The minimum absolute atomic E-state index is 0.106. The third-order valence-electron chi connectivity index (χ3n) is 2.91. The van der Waals surface area contributed by atoms with Gasteiger partial charge in [-0.15, -0.1) is 0 Å². The molecule has 110 valence electrons. The Bertz CT molecular complexity index is 535. The van der Waals surface area contributed by atoms with E-state index in [2.05, 4.69) is 5.32 Å². The Morgan fingerprint density at radius 1 is 1.35 bits per heavy atom. The summed E-state index contributed by atoms with van der Waals surface area (Å²) in [6, 6.07) is 1.52. The van der Waals surface area contributed by atoms with Crippen molar-refractivity contribution < 1.29 is 18.4 Å². The quantitative estimate of drug-likeness (QED) is 0.810. The summed E-state index contributed by atoms with van der Waals surface area (Å²) in [4.78, 5) is 24.6. The number of amides is 2. The van der Waals surface area contributed by atoms with Crippen molar-refractivity contribution in [2.45, 2.75) is 6.92 Å². The van der Waals surface area contributed by atoms with Crippen molar-refractivity contribution in [1.82, 2.24) is 10.2 Å². The molecule has 0 saturated heterocycles. The molecule has 0 aliphatic rings. The number of benzene rings is 1. The number of nitrogens with zero attached hydrogens (tertiary/aromatic N) is 1. The normalized spacial score (nSPS) is 11.8. The number of anilines is 1. The van der Waals surface area contributed by atoms with Crippen LogP contribution in [0.25, 0.3) is 0 Å². The molecule has 1 aromatic rings. The van der Waals surface area contributed by atoms with E-state index in [-0.39, 0.29) is 23.7 Å². The van der Waals surface area contributed by atoms with Crippen molar-refractivity contribution in [3.63, 3.8) is 0 Å². The third kappa shape index (κ3) is 3.43. The lowest BCUT2D eigenvalue weighted by molar-refractivity contribution is -0.124. The molecule has 0 bridgehead atoms. The van der Waals surface area contributed by atoms with Crippen LogP contribution in [-0.4, -0.2) is 37.4 Å². The molecule has 7 heteroatoms. The summed E-state index contributed by atoms with van der Waals surface area (Å²) in [6.07, 6.45) is 0. The summed E-state index contributed by atoms with van der Waals surface area (Å²) in [5.41, 5.74) is 4.70. The monoisotopic (exact) mass is 285 g/mol. The van der Waals surface area contributed by atoms with Gasteiger partial charge in [-0.25, -0.2) is 8.78 Å². The van der Waals surface area contributed by atoms with Crippen molar-refractivity contribution in [2.75, 3.05) is 26.4 Å². The van der Waals surface area contributed by atoms with E-state index in [4.69, 9.17) is 5.73 Å². The molecule has 0 radical (unpaired) electrons. The van der Waals surface area contributed by atoms with Crippen molar-refractivity contribution in [3.05, 3.63) is 29.3 Å². The molecular weight excluding hydrogens is 268 g/mol. The molecular formula is C13H17F2N3O2. The van der Waals surface area contributed by atoms with Gasteiger partial charge >= 0.3 is 0 Å². The Balaban J connectivity index is 2.90. The van der Waals surface area contributed by atoms with Gasteiger partial charge in [-0.2, -0.15) is 0 Å². The Morgan fingerprint density at radius 2 is 1.95 bits per heavy atom. The topological polar surface area (TPSA) is 75.4 Å². The van der Waals surface area contributed by atoms with Crippen molar-refractivity contribution in [2.24, 2.45) is 5.92 Å². The summed E-state index contributed by atoms with van der Waals surface area (Å²) in [5, 5.41) is 2.46. The number of nitrogen functional groups attached to an aromatic ring is 1. The fraction of sp³-hybridized carbons (Fsp3) is 0.385. The van der Waals surface area contributed by atoms with Gasteiger partial charge in [0, 0.05) is 26.7 Å². The summed E-state index contributed by atoms with van der Waals surface area (Å²) < 4.78 is 26.6. The summed E-state index contributed by atoms with van der Waals surface area (Å²) in [7, 11) is 2.92. The number of halogens is 2. The molecule has 0 fully saturated rings. The summed E-state index contributed by atoms with van der Waals surface area (Å²) in [5.74, 6) is -3.25. The number of hydrogen-bond donors (Lipinski definition) is 2. The second-order valence-corrected chi connectivity index (χ2v) is 4.55. The first-order valence-corrected chi connectivity index (χ1v) is 5.99. The third-order valence-corrected chi connectivity index (χ3v) is 2.91. The molecule has 0 saturated carbocycles. The standard InChI is InChI=1S/C13H17F2N3O2/c1-7(12(19)17-2)6-18(3)13(20)8-4-11(16)10(15)5-9(8)14/h4-5,7H,6,16H2,1-3H3,(H,17,19). The van der Waals surface area contributed by atoms with E-state index in [1.807, 2.05) is 0 Å². The van der Waals surface area contributed by atoms with Crippen LogP contribution < -0.4 is 11.1 Å². The lowest BCUT2D eigenvalue weighted by Gasteiger charge is -2.21. The van der Waals surface area contributed by atoms with Gasteiger partial charge < -0.3 is 16.0 Å². The molecule has 0 heterocycles. The maximum absolute atomic E-state index is 13.6. The lowest BCUT2D eigenvalue weighted by Crippen LogP contribution is -2.37. The second kappa shape index (κ2) is 6.31. The molecule has 1 rings (SSSR count). The highest BCUT2D eigenvalue weighted by Crippen LogP contribution is 2.18. The van der Waals surface area contributed by atoms with E-state index in [0.717, 1.165) is 6.07 Å². The van der Waals surface area contributed by atoms with Crippen LogP contribution in [0.5, 0.6) is 0 Å². The molecule has 20 heavy (non-hydrogen) atoms. The van der Waals surface area contributed by atoms with Gasteiger partial charge in [-0.3, -0.25) is 9.59 Å². The summed E-state index contributed by atoms with van der Waals surface area (Å²) in [6.45, 7) is 1.74. The largest absolute Gasteiger partial charge is 0.396 e. The number of nitrogens with two attached hydrogens (primary N) is 1. The van der Waals surface area contributed by atoms with Crippen LogP contribution >= 0.6 is 0 Å². The Hall–Kier alpha value is -2.18. The minimum atomic E-state index is -0.985. The zero-order valence-electron chi connectivity index (χ0n) is 11.5. The molecule has 0 spiro atoms. The Morgan fingerprint density at radius 3 is 2.50 bits per heavy atom. The maximum Gasteiger partial charge on any atom is 0.256 e. The van der Waals surface area contributed by atoms with E-state index in [9.17, 15) is 18.4 Å². The first-order valence-electron chi connectivity index (χ1n) is 5.99. The number of rotatable bonds is 4. The maximum atomic E-state index is 13.6. The summed E-state index contributed by atoms with van der Waals surface area (Å²) >= 11 is 0. The van der Waals surface area contributed by atoms with Crippen LogP contribution in [-0.2, 0) is 4.79 Å². The molecule has 1 unspecified atom stereocenters. The molecule has 0 aliphatic heterocycles. The predicted molar refractivity (Wildman–Crippen MR) is 71.0 cm³/mol. The average molecular weight is 285 g/mol. The van der Waals surface area contributed by atoms with Crippen LogP contribution in [0.1, 0.15) is 17.3 Å². The van der Waals surface area contributed by atoms with Gasteiger partial charge in [-0.05, 0) is 6.07 Å². The van der Waals surface area contributed by atoms with Crippen molar-refractivity contribution >= 4 is 17.5 Å². The Kier molecular flexibility index (Phi) is 5.01. The first-order chi connectivity index (χ1) is 9.27. The first kappa shape index (κ1) is 15.9. The molecule has 3 N–H and O–H groups in total. The second-order valence-electron chi connectivity index (χ2n) is 4.55. The van der Waals surface area contributed by atoms with Gasteiger partial charge in [0.2, 0.25) is 5.91 Å². The van der Waals surface area contributed by atoms with Crippen molar-refractivity contribution in [1.29, 1.82) is 0 Å². The van der Waals surface area contributed by atoms with E-state index < -0.39 is 23.5 Å². The molecule has 1 aromatic carbocycles. The van der Waals surface area contributed by atoms with Crippen LogP contribution in [0.3, 0.4) is 0 Å². The van der Waals surface area contributed by atoms with Gasteiger partial charge in [0.25, 0.3) is 5.91 Å². The van der Waals surface area contributed by atoms with Crippen LogP contribution in [0, 0.1) is 17.6 Å². The van der Waals surface area contributed by atoms with Crippen LogP contribution in [0.4, 0.5) is 14.5 Å². The van der Waals surface area contributed by atoms with E-state index >= 15 is 0 Å². The van der Waals surface area contributed by atoms with Gasteiger partial charge in [0.15, 0.2) is 0 Å². The lowest BCUT2D eigenvalue weighted by atomic mass is 10.1. The SMILES string of the molecule is CNC(=O)C(C)CN(C)C(=O)c1cc(N)c(F)cc1F. The molecule has 0 aliphatic carbocycles. The van der Waals surface area contributed by atoms with Gasteiger partial charge in [0.1, 0.15) is 11.6 Å². The highest BCUT2D eigenvalue weighted by molar-refractivity contribution is 5.95. The number of hydrogen-bond acceptors (Lipinski definition) is 3. The van der Waals surface area contributed by atoms with Gasteiger partial charge in [-0.1, -0.05) is 6.92 Å². The number of nitrogens with one attached hydrogen (secondary N) is 1. The highest BCUT2D eigenvalue weighted by Gasteiger charge is 2.21. The van der Waals surface area contributed by atoms with Crippen molar-refractivity contribution in [3.8, 4) is 0 Å². The number of carbonyl (C=O) groups is 2.